The molecule has 2 aliphatic carbocycles. The molecule has 3 nitrogen and oxygen atoms in total. The Bertz CT molecular complexity index is 990. The Hall–Kier alpha value is -2.21. The fraction of sp³-hybridized carbons (Fsp3) is 0.520. The number of phenols is 1. The Balaban J connectivity index is 1.21. The Labute approximate surface area is 180 Å². The number of hydrogen-bond acceptors (Lipinski definition) is 3. The lowest BCUT2D eigenvalue weighted by Gasteiger charge is -2.37. The molecule has 1 saturated carbocycles. The summed E-state index contributed by atoms with van der Waals surface area (Å²) in [4.78, 5) is 0. The van der Waals surface area contributed by atoms with E-state index < -0.39 is 23.2 Å². The second kappa shape index (κ2) is 8.05. The monoisotopic (exact) mass is 432 g/mol. The molecular formula is C25H27F3O3. The van der Waals surface area contributed by atoms with Gasteiger partial charge in [0.05, 0.1) is 19.3 Å². The van der Waals surface area contributed by atoms with E-state index >= 15 is 0 Å². The fourth-order valence-electron chi connectivity index (χ4n) is 5.34. The Morgan fingerprint density at radius 1 is 0.935 bits per heavy atom. The third-order valence-corrected chi connectivity index (χ3v) is 7.30. The Morgan fingerprint density at radius 2 is 1.68 bits per heavy atom. The van der Waals surface area contributed by atoms with Gasteiger partial charge in [0.2, 0.25) is 5.82 Å². The quantitative estimate of drug-likeness (QED) is 0.514. The molecule has 0 spiro atoms. The van der Waals surface area contributed by atoms with Crippen LogP contribution in [0.15, 0.2) is 18.2 Å². The van der Waals surface area contributed by atoms with Crippen molar-refractivity contribution >= 4 is 0 Å². The number of benzene rings is 2. The van der Waals surface area contributed by atoms with Crippen molar-refractivity contribution in [3.8, 4) is 33.8 Å². The minimum absolute atomic E-state index is 0.00962. The van der Waals surface area contributed by atoms with Gasteiger partial charge in [-0.3, -0.25) is 0 Å². The molecule has 3 aliphatic rings. The van der Waals surface area contributed by atoms with E-state index in [1.54, 1.807) is 6.07 Å². The van der Waals surface area contributed by atoms with Gasteiger partial charge in [0.1, 0.15) is 0 Å². The molecule has 1 N–H and O–H groups in total. The largest absolute Gasteiger partial charge is 0.505 e. The molecule has 0 aromatic heterocycles. The van der Waals surface area contributed by atoms with Crippen LogP contribution in [0.4, 0.5) is 13.2 Å². The van der Waals surface area contributed by atoms with Crippen molar-refractivity contribution in [2.45, 2.75) is 51.6 Å². The normalized spacial score (nSPS) is 27.2. The third-order valence-electron chi connectivity index (χ3n) is 7.30. The minimum atomic E-state index is -1.36. The second-order valence-electron chi connectivity index (χ2n) is 9.39. The first-order valence-electron chi connectivity index (χ1n) is 11.2. The van der Waals surface area contributed by atoms with Crippen molar-refractivity contribution in [1.82, 2.24) is 0 Å². The van der Waals surface area contributed by atoms with Crippen LogP contribution in [0, 0.1) is 35.2 Å². The molecule has 166 valence electrons. The summed E-state index contributed by atoms with van der Waals surface area (Å²) in [5.41, 5.74) is 0.620. The van der Waals surface area contributed by atoms with Gasteiger partial charge in [-0.15, -0.1) is 0 Å². The zero-order valence-electron chi connectivity index (χ0n) is 17.6. The number of ether oxygens (including phenoxy) is 2. The predicted octanol–water partition coefficient (Wildman–Crippen LogP) is 6.46. The topological polar surface area (TPSA) is 38.7 Å². The number of phenolic OH excluding ortho intramolecular Hbond substituents is 1. The summed E-state index contributed by atoms with van der Waals surface area (Å²) in [5, 5.41) is 9.49. The predicted molar refractivity (Wildman–Crippen MR) is 111 cm³/mol. The van der Waals surface area contributed by atoms with Crippen LogP contribution in [0.1, 0.15) is 45.4 Å². The molecule has 6 heteroatoms. The molecule has 1 heterocycles. The number of aromatic hydroxyl groups is 1. The molecule has 2 aromatic carbocycles. The molecule has 1 saturated heterocycles. The van der Waals surface area contributed by atoms with Gasteiger partial charge in [-0.05, 0) is 66.8 Å². The zero-order chi connectivity index (χ0) is 21.7. The summed E-state index contributed by atoms with van der Waals surface area (Å²) < 4.78 is 54.8. The summed E-state index contributed by atoms with van der Waals surface area (Å²) >= 11 is 0. The minimum Gasteiger partial charge on any atom is -0.505 e. The fourth-order valence-corrected chi connectivity index (χ4v) is 5.34. The van der Waals surface area contributed by atoms with Crippen molar-refractivity contribution in [3.63, 3.8) is 0 Å². The maximum absolute atomic E-state index is 15.0. The molecule has 5 rings (SSSR count). The molecule has 0 amide bonds. The summed E-state index contributed by atoms with van der Waals surface area (Å²) in [6.45, 7) is 3.24. The van der Waals surface area contributed by atoms with Crippen molar-refractivity contribution < 1.29 is 27.8 Å². The van der Waals surface area contributed by atoms with Crippen LogP contribution in [-0.2, 0) is 4.74 Å². The molecule has 2 atom stereocenters. The van der Waals surface area contributed by atoms with Crippen molar-refractivity contribution in [1.29, 1.82) is 0 Å². The highest BCUT2D eigenvalue weighted by atomic mass is 19.2. The molecule has 2 aromatic rings. The SMILES string of the molecule is CC1CCC(C2CCC(COc3ccc4c(c3F)-c3c-4cc(O)c(F)c3F)CO2)CC1. The summed E-state index contributed by atoms with van der Waals surface area (Å²) in [6, 6.07) is 4.24. The summed E-state index contributed by atoms with van der Waals surface area (Å²) in [6.07, 6.45) is 7.34. The van der Waals surface area contributed by atoms with Crippen LogP contribution < -0.4 is 4.74 Å². The van der Waals surface area contributed by atoms with Crippen LogP contribution in [0.2, 0.25) is 0 Å². The first kappa shape index (κ1) is 20.7. The zero-order valence-corrected chi connectivity index (χ0v) is 17.6. The number of hydrogen-bond donors (Lipinski definition) is 1. The van der Waals surface area contributed by atoms with E-state index in [1.165, 1.54) is 31.7 Å². The van der Waals surface area contributed by atoms with Gasteiger partial charge < -0.3 is 14.6 Å². The summed E-state index contributed by atoms with van der Waals surface area (Å²) in [7, 11) is 0. The average Bonchev–Trinajstić information content (AvgIpc) is 2.77. The highest BCUT2D eigenvalue weighted by Crippen LogP contribution is 2.53. The molecule has 2 unspecified atom stereocenters. The molecule has 2 fully saturated rings. The highest BCUT2D eigenvalue weighted by molar-refractivity contribution is 6.04. The van der Waals surface area contributed by atoms with Gasteiger partial charge in [-0.1, -0.05) is 19.8 Å². The van der Waals surface area contributed by atoms with Crippen LogP contribution in [0.25, 0.3) is 22.3 Å². The second-order valence-corrected chi connectivity index (χ2v) is 9.39. The van der Waals surface area contributed by atoms with Crippen molar-refractivity contribution in [2.24, 2.45) is 17.8 Å². The van der Waals surface area contributed by atoms with Gasteiger partial charge in [0, 0.05) is 17.0 Å². The van der Waals surface area contributed by atoms with Gasteiger partial charge in [-0.25, -0.2) is 8.78 Å². The molecule has 1 aliphatic heterocycles. The maximum Gasteiger partial charge on any atom is 0.201 e. The number of halogens is 3. The molecule has 31 heavy (non-hydrogen) atoms. The lowest BCUT2D eigenvalue weighted by Crippen LogP contribution is -2.35. The van der Waals surface area contributed by atoms with Crippen LogP contribution in [-0.4, -0.2) is 24.4 Å². The van der Waals surface area contributed by atoms with E-state index in [-0.39, 0.29) is 22.8 Å². The van der Waals surface area contributed by atoms with Crippen LogP contribution >= 0.6 is 0 Å². The maximum atomic E-state index is 15.0. The van der Waals surface area contributed by atoms with E-state index in [9.17, 15) is 18.3 Å². The highest BCUT2D eigenvalue weighted by Gasteiger charge is 2.35. The summed E-state index contributed by atoms with van der Waals surface area (Å²) in [5.74, 6) is -2.39. The third kappa shape index (κ3) is 3.59. The Morgan fingerprint density at radius 3 is 2.39 bits per heavy atom. The molecule has 0 bridgehead atoms. The van der Waals surface area contributed by atoms with Gasteiger partial charge in [-0.2, -0.15) is 4.39 Å². The van der Waals surface area contributed by atoms with Crippen molar-refractivity contribution in [2.75, 3.05) is 13.2 Å². The first-order chi connectivity index (χ1) is 14.9. The molecular weight excluding hydrogens is 405 g/mol. The van der Waals surface area contributed by atoms with Gasteiger partial charge in [0.25, 0.3) is 0 Å². The Kier molecular flexibility index (Phi) is 5.37. The van der Waals surface area contributed by atoms with Gasteiger partial charge >= 0.3 is 0 Å². The van der Waals surface area contributed by atoms with E-state index in [0.29, 0.717) is 36.4 Å². The number of fused-ring (bicyclic) bond motifs is 4. The van der Waals surface area contributed by atoms with E-state index in [4.69, 9.17) is 9.47 Å². The average molecular weight is 432 g/mol. The first-order valence-corrected chi connectivity index (χ1v) is 11.2. The smallest absolute Gasteiger partial charge is 0.201 e. The standard InChI is InChI=1S/C25H27F3O3/c1-13-2-5-15(6-3-13)19-8-4-14(11-30-19)12-31-20-9-7-16-17-10-18(29)23(26)25(28)22(17)21(16)24(20)27/h7,9-10,13-15,19,29H,2-6,8,11-12H2,1H3. The van der Waals surface area contributed by atoms with E-state index in [2.05, 4.69) is 6.92 Å². The lowest BCUT2D eigenvalue weighted by molar-refractivity contribution is -0.0649. The van der Waals surface area contributed by atoms with E-state index in [0.717, 1.165) is 24.8 Å². The number of rotatable bonds is 4. The van der Waals surface area contributed by atoms with E-state index in [1.807, 2.05) is 0 Å². The van der Waals surface area contributed by atoms with Crippen LogP contribution in [0.5, 0.6) is 11.5 Å². The molecule has 0 radical (unpaired) electrons. The van der Waals surface area contributed by atoms with Crippen molar-refractivity contribution in [3.05, 3.63) is 35.7 Å². The van der Waals surface area contributed by atoms with Gasteiger partial charge in [0.15, 0.2) is 23.1 Å². The van der Waals surface area contributed by atoms with Crippen LogP contribution in [0.3, 0.4) is 0 Å². The lowest BCUT2D eigenvalue weighted by atomic mass is 9.78.